The molecule has 40 heavy (non-hydrogen) atoms. The number of aromatic nitrogens is 1. The van der Waals surface area contributed by atoms with Crippen LogP contribution in [0.25, 0.3) is 33.4 Å². The van der Waals surface area contributed by atoms with Gasteiger partial charge >= 0.3 is 0 Å². The van der Waals surface area contributed by atoms with Crippen LogP contribution in [-0.4, -0.2) is 16.7 Å². The van der Waals surface area contributed by atoms with E-state index >= 15 is 0 Å². The van der Waals surface area contributed by atoms with E-state index in [1.807, 2.05) is 64.1 Å². The third-order valence-corrected chi connectivity index (χ3v) is 8.10. The summed E-state index contributed by atoms with van der Waals surface area (Å²) in [6, 6.07) is 17.7. The Labute approximate surface area is 232 Å². The molecule has 1 aliphatic carbocycles. The molecule has 0 bridgehead atoms. The number of carbonyl (C=O) groups is 2. The topological polar surface area (TPSA) is 73.3 Å². The number of nitrogens with zero attached hydrogens (tertiary/aromatic N) is 1. The van der Waals surface area contributed by atoms with Crippen molar-refractivity contribution < 1.29 is 22.9 Å². The van der Waals surface area contributed by atoms with E-state index in [4.69, 9.17) is 8.94 Å². The van der Waals surface area contributed by atoms with Gasteiger partial charge in [-0.3, -0.25) is 9.59 Å². The van der Waals surface area contributed by atoms with Crippen molar-refractivity contribution in [1.82, 2.24) is 5.16 Å². The highest BCUT2D eigenvalue weighted by Gasteiger charge is 2.48. The predicted octanol–water partition coefficient (Wildman–Crippen LogP) is 8.72. The molecule has 5 nitrogen and oxygen atoms in total. The fraction of sp³-hybridized carbons (Fsp3) is 0.265. The second kappa shape index (κ2) is 9.70. The van der Waals surface area contributed by atoms with Gasteiger partial charge in [0.1, 0.15) is 22.9 Å². The fourth-order valence-corrected chi connectivity index (χ4v) is 5.68. The fourth-order valence-electron chi connectivity index (χ4n) is 5.68. The van der Waals surface area contributed by atoms with Crippen LogP contribution >= 0.6 is 0 Å². The first-order valence-corrected chi connectivity index (χ1v) is 13.6. The quantitative estimate of drug-likeness (QED) is 0.186. The van der Waals surface area contributed by atoms with Crippen LogP contribution in [0.1, 0.15) is 75.9 Å². The third-order valence-electron chi connectivity index (χ3n) is 8.10. The molecule has 2 heterocycles. The van der Waals surface area contributed by atoms with Crippen LogP contribution in [0.15, 0.2) is 69.6 Å². The smallest absolute Gasteiger partial charge is 0.167 e. The Hall–Kier alpha value is -4.32. The van der Waals surface area contributed by atoms with Gasteiger partial charge in [0, 0.05) is 40.8 Å². The van der Waals surface area contributed by atoms with Crippen LogP contribution in [0.3, 0.4) is 0 Å². The molecule has 2 aromatic heterocycles. The van der Waals surface area contributed by atoms with E-state index in [9.17, 15) is 14.0 Å². The number of Topliss-reactive ketones (excluding diaryl/α,β-unsaturated/α-hetero) is 2. The first kappa shape index (κ1) is 25.9. The molecular weight excluding hydrogens is 505 g/mol. The Morgan fingerprint density at radius 1 is 0.900 bits per heavy atom. The van der Waals surface area contributed by atoms with Crippen molar-refractivity contribution in [3.05, 3.63) is 100 Å². The van der Waals surface area contributed by atoms with Gasteiger partial charge in [0.15, 0.2) is 11.6 Å². The lowest BCUT2D eigenvalue weighted by Crippen LogP contribution is -2.15. The Bertz CT molecular complexity index is 1790. The lowest BCUT2D eigenvalue weighted by Gasteiger charge is -2.15. The summed E-state index contributed by atoms with van der Waals surface area (Å²) < 4.78 is 25.0. The minimum atomic E-state index is -0.352. The summed E-state index contributed by atoms with van der Waals surface area (Å²) in [5.74, 6) is 0.870. The van der Waals surface area contributed by atoms with Crippen LogP contribution in [0.5, 0.6) is 0 Å². The zero-order valence-corrected chi connectivity index (χ0v) is 23.1. The van der Waals surface area contributed by atoms with Crippen molar-refractivity contribution in [1.29, 1.82) is 0 Å². The van der Waals surface area contributed by atoms with E-state index in [1.54, 1.807) is 12.1 Å². The number of hydrogen-bond acceptors (Lipinski definition) is 5. The average Bonchev–Trinajstić information content (AvgIpc) is 3.40. The van der Waals surface area contributed by atoms with Crippen molar-refractivity contribution in [2.24, 2.45) is 0 Å². The molecule has 6 rings (SSSR count). The summed E-state index contributed by atoms with van der Waals surface area (Å²) in [5.41, 5.74) is 6.82. The normalized spacial score (nSPS) is 14.0. The number of hydrogen-bond donors (Lipinski definition) is 0. The van der Waals surface area contributed by atoms with Gasteiger partial charge in [0.2, 0.25) is 0 Å². The van der Waals surface area contributed by atoms with Crippen LogP contribution in [0.4, 0.5) is 4.39 Å². The maximum absolute atomic E-state index is 13.6. The molecule has 1 saturated carbocycles. The third kappa shape index (κ3) is 4.47. The zero-order valence-electron chi connectivity index (χ0n) is 23.1. The number of rotatable bonds is 8. The lowest BCUT2D eigenvalue weighted by molar-refractivity contribution is 0.0965. The molecule has 0 unspecified atom stereocenters. The minimum absolute atomic E-state index is 0.0513. The summed E-state index contributed by atoms with van der Waals surface area (Å²) in [5, 5.41) is 4.91. The Morgan fingerprint density at radius 3 is 2.27 bits per heavy atom. The van der Waals surface area contributed by atoms with E-state index in [0.29, 0.717) is 46.3 Å². The minimum Gasteiger partial charge on any atom is -0.455 e. The number of benzene rings is 3. The zero-order chi connectivity index (χ0) is 28.2. The monoisotopic (exact) mass is 535 g/mol. The predicted molar refractivity (Wildman–Crippen MR) is 152 cm³/mol. The molecule has 0 aliphatic heterocycles. The van der Waals surface area contributed by atoms with Gasteiger partial charge in [-0.1, -0.05) is 24.2 Å². The lowest BCUT2D eigenvalue weighted by atomic mass is 9.87. The summed E-state index contributed by atoms with van der Waals surface area (Å²) >= 11 is 0. The van der Waals surface area contributed by atoms with Crippen molar-refractivity contribution >= 4 is 22.5 Å². The van der Waals surface area contributed by atoms with E-state index in [2.05, 4.69) is 5.16 Å². The number of carbonyl (C=O) groups excluding carboxylic acids is 2. The van der Waals surface area contributed by atoms with Crippen molar-refractivity contribution in [2.75, 3.05) is 0 Å². The van der Waals surface area contributed by atoms with Crippen LogP contribution in [0.2, 0.25) is 0 Å². The van der Waals surface area contributed by atoms with E-state index in [1.165, 1.54) is 12.1 Å². The van der Waals surface area contributed by atoms with Crippen LogP contribution in [0, 0.1) is 26.6 Å². The highest BCUT2D eigenvalue weighted by Crippen LogP contribution is 2.51. The van der Waals surface area contributed by atoms with Crippen LogP contribution < -0.4 is 0 Å². The van der Waals surface area contributed by atoms with E-state index < -0.39 is 0 Å². The van der Waals surface area contributed by atoms with Gasteiger partial charge in [0.25, 0.3) is 0 Å². The standard InChI is InChI=1S/C34H30FNO4/c1-5-28(37)32-27-16-23(8-11-30(27)39-33(32)22-6-9-24(35)10-7-22)25-17-26(20(3)14-19(25)2)29(38)18-34(12-13-34)31-15-21(4)40-36-31/h6-11,14-17H,5,12-13,18H2,1-4H3. The molecule has 0 N–H and O–H groups in total. The molecule has 0 atom stereocenters. The van der Waals surface area contributed by atoms with Crippen molar-refractivity contribution in [2.45, 2.75) is 58.8 Å². The molecule has 0 spiro atoms. The van der Waals surface area contributed by atoms with Crippen LogP contribution in [-0.2, 0) is 5.41 Å². The first-order valence-electron chi connectivity index (χ1n) is 13.6. The number of furan rings is 1. The number of aryl methyl sites for hydroxylation is 3. The highest BCUT2D eigenvalue weighted by atomic mass is 19.1. The molecule has 0 amide bonds. The Balaban J connectivity index is 1.41. The number of fused-ring (bicyclic) bond motifs is 1. The molecule has 5 aromatic rings. The Kier molecular flexibility index (Phi) is 6.29. The maximum atomic E-state index is 13.6. The van der Waals surface area contributed by atoms with Gasteiger partial charge in [-0.05, 0) is 98.3 Å². The average molecular weight is 536 g/mol. The van der Waals surface area contributed by atoms with Gasteiger partial charge in [-0.25, -0.2) is 4.39 Å². The second-order valence-corrected chi connectivity index (χ2v) is 11.0. The molecular formula is C34H30FNO4. The summed E-state index contributed by atoms with van der Waals surface area (Å²) in [6.07, 6.45) is 2.54. The van der Waals surface area contributed by atoms with Gasteiger partial charge in [-0.15, -0.1) is 0 Å². The second-order valence-electron chi connectivity index (χ2n) is 11.0. The summed E-state index contributed by atoms with van der Waals surface area (Å²) in [6.45, 7) is 7.67. The Morgan fingerprint density at radius 2 is 1.62 bits per heavy atom. The SMILES string of the molecule is CCC(=O)c1c(-c2ccc(F)cc2)oc2ccc(-c3cc(C(=O)CC4(c5cc(C)on5)CC4)c(C)cc3C)cc12. The van der Waals surface area contributed by atoms with Gasteiger partial charge in [0.05, 0.1) is 11.3 Å². The molecule has 1 fully saturated rings. The molecule has 6 heteroatoms. The van der Waals surface area contributed by atoms with E-state index in [-0.39, 0.29) is 22.8 Å². The molecule has 1 aliphatic rings. The number of halogens is 1. The molecule has 0 radical (unpaired) electrons. The highest BCUT2D eigenvalue weighted by molar-refractivity contribution is 6.13. The van der Waals surface area contributed by atoms with Gasteiger partial charge < -0.3 is 8.94 Å². The van der Waals surface area contributed by atoms with Gasteiger partial charge in [-0.2, -0.15) is 0 Å². The molecule has 0 saturated heterocycles. The summed E-state index contributed by atoms with van der Waals surface area (Å²) in [7, 11) is 0. The van der Waals surface area contributed by atoms with Crippen molar-refractivity contribution in [3.8, 4) is 22.5 Å². The summed E-state index contributed by atoms with van der Waals surface area (Å²) in [4.78, 5) is 26.7. The largest absolute Gasteiger partial charge is 0.455 e. The molecule has 202 valence electrons. The first-order chi connectivity index (χ1) is 19.2. The number of ketones is 2. The maximum Gasteiger partial charge on any atom is 0.167 e. The molecule has 3 aromatic carbocycles. The van der Waals surface area contributed by atoms with Crippen molar-refractivity contribution in [3.63, 3.8) is 0 Å². The van der Waals surface area contributed by atoms with E-state index in [0.717, 1.165) is 46.5 Å².